The summed E-state index contributed by atoms with van der Waals surface area (Å²) < 4.78 is 5.89. The molecular weight excluding hydrogens is 356 g/mol. The van der Waals surface area contributed by atoms with Crippen molar-refractivity contribution >= 4 is 23.0 Å². The Hall–Kier alpha value is -2.41. The minimum atomic E-state index is -0.363. The van der Waals surface area contributed by atoms with Crippen molar-refractivity contribution in [2.24, 2.45) is 0 Å². The maximum atomic E-state index is 12.2. The molecule has 2 fully saturated rings. The fourth-order valence-electron chi connectivity index (χ4n) is 4.24. The first-order valence-electron chi connectivity index (χ1n) is 10.4. The lowest BCUT2D eigenvalue weighted by atomic mass is 9.96. The van der Waals surface area contributed by atoms with Crippen LogP contribution < -0.4 is 10.6 Å². The number of rotatable bonds is 4. The molecule has 1 saturated carbocycles. The van der Waals surface area contributed by atoms with Gasteiger partial charge in [0, 0.05) is 12.0 Å². The van der Waals surface area contributed by atoms with Crippen LogP contribution in [0.5, 0.6) is 0 Å². The average molecular weight is 384 g/mol. The van der Waals surface area contributed by atoms with Crippen LogP contribution in [0.2, 0.25) is 0 Å². The molecule has 1 aromatic carbocycles. The summed E-state index contributed by atoms with van der Waals surface area (Å²) in [4.78, 5) is 30.9. The number of carbonyl (C=O) groups excluding carboxylic acids is 2. The Morgan fingerprint density at radius 3 is 2.57 bits per heavy atom. The SMILES string of the molecule is O=C(CN1CCC(c2nc3ccccc3o2)CC1)NC(=O)NC1CCCCC1. The zero-order valence-electron chi connectivity index (χ0n) is 16.2. The zero-order valence-corrected chi connectivity index (χ0v) is 16.2. The second kappa shape index (κ2) is 8.73. The summed E-state index contributed by atoms with van der Waals surface area (Å²) in [5.41, 5.74) is 1.71. The van der Waals surface area contributed by atoms with Crippen LogP contribution in [0.25, 0.3) is 11.1 Å². The minimum absolute atomic E-state index is 0.202. The minimum Gasteiger partial charge on any atom is -0.440 e. The second-order valence-electron chi connectivity index (χ2n) is 7.93. The molecule has 1 aliphatic carbocycles. The lowest BCUT2D eigenvalue weighted by molar-refractivity contribution is -0.121. The summed E-state index contributed by atoms with van der Waals surface area (Å²) in [6.07, 6.45) is 7.33. The first kappa shape index (κ1) is 18.9. The van der Waals surface area contributed by atoms with Crippen molar-refractivity contribution in [1.82, 2.24) is 20.5 Å². The molecule has 0 bridgehead atoms. The molecular formula is C21H28N4O3. The van der Waals surface area contributed by atoms with Crippen molar-refractivity contribution < 1.29 is 14.0 Å². The quantitative estimate of drug-likeness (QED) is 0.845. The fraction of sp³-hybridized carbons (Fsp3) is 0.571. The predicted molar refractivity (Wildman–Crippen MR) is 106 cm³/mol. The van der Waals surface area contributed by atoms with E-state index < -0.39 is 0 Å². The molecule has 2 aromatic rings. The van der Waals surface area contributed by atoms with Gasteiger partial charge in [-0.25, -0.2) is 9.78 Å². The van der Waals surface area contributed by atoms with Crippen molar-refractivity contribution in [3.8, 4) is 0 Å². The summed E-state index contributed by atoms with van der Waals surface area (Å²) in [6, 6.07) is 7.64. The molecule has 1 aliphatic heterocycles. The Kier molecular flexibility index (Phi) is 5.90. The number of likely N-dealkylation sites (tertiary alicyclic amines) is 1. The first-order valence-corrected chi connectivity index (χ1v) is 10.4. The number of benzene rings is 1. The maximum Gasteiger partial charge on any atom is 0.321 e. The molecule has 7 nitrogen and oxygen atoms in total. The van der Waals surface area contributed by atoms with Crippen LogP contribution in [0, 0.1) is 0 Å². The van der Waals surface area contributed by atoms with Gasteiger partial charge in [0.15, 0.2) is 11.5 Å². The number of hydrogen-bond donors (Lipinski definition) is 2. The number of imide groups is 1. The smallest absolute Gasteiger partial charge is 0.321 e. The lowest BCUT2D eigenvalue weighted by Crippen LogP contribution is -2.48. The number of nitrogens with one attached hydrogen (secondary N) is 2. The fourth-order valence-corrected chi connectivity index (χ4v) is 4.24. The van der Waals surface area contributed by atoms with E-state index in [2.05, 4.69) is 20.5 Å². The molecule has 28 heavy (non-hydrogen) atoms. The Bertz CT molecular complexity index is 787. The number of amides is 3. The predicted octanol–water partition coefficient (Wildman–Crippen LogP) is 3.17. The molecule has 0 spiro atoms. The van der Waals surface area contributed by atoms with Crippen molar-refractivity contribution in [2.45, 2.75) is 56.9 Å². The van der Waals surface area contributed by atoms with Gasteiger partial charge in [0.1, 0.15) is 5.52 Å². The molecule has 0 radical (unpaired) electrons. The highest BCUT2D eigenvalue weighted by molar-refractivity contribution is 5.95. The van der Waals surface area contributed by atoms with Crippen molar-refractivity contribution in [2.75, 3.05) is 19.6 Å². The van der Waals surface area contributed by atoms with E-state index in [1.165, 1.54) is 6.42 Å². The number of piperidine rings is 1. The number of para-hydroxylation sites is 2. The van der Waals surface area contributed by atoms with E-state index in [1.807, 2.05) is 24.3 Å². The zero-order chi connectivity index (χ0) is 19.3. The van der Waals surface area contributed by atoms with Crippen molar-refractivity contribution in [1.29, 1.82) is 0 Å². The molecule has 0 unspecified atom stereocenters. The highest BCUT2D eigenvalue weighted by Crippen LogP contribution is 2.29. The molecule has 4 rings (SSSR count). The normalized spacial score (nSPS) is 19.6. The molecule has 2 N–H and O–H groups in total. The summed E-state index contributed by atoms with van der Waals surface area (Å²) in [5.74, 6) is 0.826. The Balaban J connectivity index is 1.21. The van der Waals surface area contributed by atoms with E-state index in [4.69, 9.17) is 4.42 Å². The molecule has 2 aliphatic rings. The van der Waals surface area contributed by atoms with Crippen LogP contribution in [-0.2, 0) is 4.79 Å². The van der Waals surface area contributed by atoms with Crippen LogP contribution >= 0.6 is 0 Å². The Morgan fingerprint density at radius 1 is 1.07 bits per heavy atom. The summed E-state index contributed by atoms with van der Waals surface area (Å²) in [5, 5.41) is 5.39. The molecule has 3 amide bonds. The second-order valence-corrected chi connectivity index (χ2v) is 7.93. The molecule has 2 heterocycles. The van der Waals surface area contributed by atoms with Gasteiger partial charge in [-0.15, -0.1) is 0 Å². The van der Waals surface area contributed by atoms with E-state index in [-0.39, 0.29) is 30.4 Å². The summed E-state index contributed by atoms with van der Waals surface area (Å²) in [7, 11) is 0. The molecule has 0 atom stereocenters. The van der Waals surface area contributed by atoms with Gasteiger partial charge in [0.2, 0.25) is 5.91 Å². The highest BCUT2D eigenvalue weighted by atomic mass is 16.3. The van der Waals surface area contributed by atoms with Gasteiger partial charge in [0.05, 0.1) is 6.54 Å². The van der Waals surface area contributed by atoms with Crippen LogP contribution in [0.3, 0.4) is 0 Å². The van der Waals surface area contributed by atoms with E-state index in [0.717, 1.165) is 68.6 Å². The van der Waals surface area contributed by atoms with E-state index >= 15 is 0 Å². The number of fused-ring (bicyclic) bond motifs is 1. The largest absolute Gasteiger partial charge is 0.440 e. The third-order valence-electron chi connectivity index (χ3n) is 5.81. The van der Waals surface area contributed by atoms with Gasteiger partial charge in [-0.1, -0.05) is 31.4 Å². The van der Waals surface area contributed by atoms with Gasteiger partial charge < -0.3 is 9.73 Å². The summed E-state index contributed by atoms with van der Waals surface area (Å²) in [6.45, 7) is 1.83. The van der Waals surface area contributed by atoms with Gasteiger partial charge in [-0.2, -0.15) is 0 Å². The van der Waals surface area contributed by atoms with Crippen LogP contribution in [-0.4, -0.2) is 47.5 Å². The Morgan fingerprint density at radius 2 is 1.82 bits per heavy atom. The molecule has 7 heteroatoms. The topological polar surface area (TPSA) is 87.5 Å². The van der Waals surface area contributed by atoms with E-state index in [9.17, 15) is 9.59 Å². The van der Waals surface area contributed by atoms with E-state index in [1.54, 1.807) is 0 Å². The number of nitrogens with zero attached hydrogens (tertiary/aromatic N) is 2. The monoisotopic (exact) mass is 384 g/mol. The number of aromatic nitrogens is 1. The number of oxazole rings is 1. The number of urea groups is 1. The van der Waals surface area contributed by atoms with E-state index in [0.29, 0.717) is 0 Å². The maximum absolute atomic E-state index is 12.2. The third-order valence-corrected chi connectivity index (χ3v) is 5.81. The molecule has 1 saturated heterocycles. The average Bonchev–Trinajstić information content (AvgIpc) is 3.13. The van der Waals surface area contributed by atoms with Gasteiger partial charge >= 0.3 is 6.03 Å². The molecule has 150 valence electrons. The van der Waals surface area contributed by atoms with Gasteiger partial charge in [-0.3, -0.25) is 15.0 Å². The highest BCUT2D eigenvalue weighted by Gasteiger charge is 2.26. The van der Waals surface area contributed by atoms with Gasteiger partial charge in [-0.05, 0) is 50.9 Å². The van der Waals surface area contributed by atoms with Crippen LogP contribution in [0.1, 0.15) is 56.8 Å². The summed E-state index contributed by atoms with van der Waals surface area (Å²) >= 11 is 0. The molecule has 1 aromatic heterocycles. The number of hydrogen-bond acceptors (Lipinski definition) is 5. The number of carbonyl (C=O) groups is 2. The third kappa shape index (κ3) is 4.70. The first-order chi connectivity index (χ1) is 13.7. The standard InChI is InChI=1S/C21H28N4O3/c26-19(24-21(27)22-16-6-2-1-3-7-16)14-25-12-10-15(11-13-25)20-23-17-8-4-5-9-18(17)28-20/h4-5,8-9,15-16H,1-3,6-7,10-14H2,(H2,22,24,26,27). The van der Waals surface area contributed by atoms with Crippen LogP contribution in [0.4, 0.5) is 4.79 Å². The van der Waals surface area contributed by atoms with Crippen LogP contribution in [0.15, 0.2) is 28.7 Å². The lowest BCUT2D eigenvalue weighted by Gasteiger charge is -2.30. The Labute approximate surface area is 164 Å². The van der Waals surface area contributed by atoms with Crippen molar-refractivity contribution in [3.05, 3.63) is 30.2 Å². The van der Waals surface area contributed by atoms with Crippen molar-refractivity contribution in [3.63, 3.8) is 0 Å². The van der Waals surface area contributed by atoms with Gasteiger partial charge in [0.25, 0.3) is 0 Å².